The van der Waals surface area contributed by atoms with Gasteiger partial charge in [0.25, 0.3) is 0 Å². The van der Waals surface area contributed by atoms with Crippen molar-refractivity contribution in [2.45, 2.75) is 52.1 Å². The molecule has 1 aliphatic heterocycles. The third-order valence-corrected chi connectivity index (χ3v) is 5.49. The molecule has 1 N–H and O–H groups in total. The molecule has 1 unspecified atom stereocenters. The van der Waals surface area contributed by atoms with Crippen LogP contribution in [0.2, 0.25) is 0 Å². The summed E-state index contributed by atoms with van der Waals surface area (Å²) in [5.41, 5.74) is 2.35. The minimum absolute atomic E-state index is 0.171. The number of aromatic nitrogens is 1. The number of amides is 1. The third-order valence-electron chi connectivity index (χ3n) is 4.47. The molecule has 124 valence electrons. The maximum atomic E-state index is 11.9. The molecule has 0 bridgehead atoms. The van der Waals surface area contributed by atoms with Crippen LogP contribution < -0.4 is 5.32 Å². The maximum absolute atomic E-state index is 11.9. The molecule has 4 nitrogen and oxygen atoms in total. The van der Waals surface area contributed by atoms with E-state index in [1.807, 2.05) is 6.92 Å². The van der Waals surface area contributed by atoms with Gasteiger partial charge in [0.2, 0.25) is 5.91 Å². The summed E-state index contributed by atoms with van der Waals surface area (Å²) in [5, 5.41) is 4.09. The maximum Gasteiger partial charge on any atom is 0.221 e. The molecule has 1 fully saturated rings. The minimum atomic E-state index is 0.171. The standard InChI is InChI=1S/C18H25N3OS/c1-3-19-17(22)11-14-6-4-5-9-21(14)12-18-20-15-10-13(2)7-8-16(15)23-18/h7-8,10,14H,3-6,9,11-12H2,1-2H3,(H,19,22). The van der Waals surface area contributed by atoms with E-state index in [1.165, 1.54) is 23.1 Å². The highest BCUT2D eigenvalue weighted by Gasteiger charge is 2.25. The predicted molar refractivity (Wildman–Crippen MR) is 95.7 cm³/mol. The first-order valence-electron chi connectivity index (χ1n) is 8.52. The van der Waals surface area contributed by atoms with Crippen LogP contribution in [-0.2, 0) is 11.3 Å². The molecule has 2 aromatic rings. The van der Waals surface area contributed by atoms with Crippen LogP contribution >= 0.6 is 11.3 Å². The second-order valence-corrected chi connectivity index (χ2v) is 7.47. The Balaban J connectivity index is 1.71. The highest BCUT2D eigenvalue weighted by molar-refractivity contribution is 7.18. The fraction of sp³-hybridized carbons (Fsp3) is 0.556. The van der Waals surface area contributed by atoms with Gasteiger partial charge in [0, 0.05) is 19.0 Å². The molecular formula is C18H25N3OS. The number of benzene rings is 1. The molecule has 23 heavy (non-hydrogen) atoms. The second-order valence-electron chi connectivity index (χ2n) is 6.36. The first-order valence-corrected chi connectivity index (χ1v) is 9.34. The molecule has 1 aliphatic rings. The van der Waals surface area contributed by atoms with Gasteiger partial charge < -0.3 is 5.32 Å². The summed E-state index contributed by atoms with van der Waals surface area (Å²) in [6.45, 7) is 6.72. The lowest BCUT2D eigenvalue weighted by Gasteiger charge is -2.34. The van der Waals surface area contributed by atoms with Crippen molar-refractivity contribution in [2.24, 2.45) is 0 Å². The molecular weight excluding hydrogens is 306 g/mol. The van der Waals surface area contributed by atoms with Crippen LogP contribution in [0.15, 0.2) is 18.2 Å². The van der Waals surface area contributed by atoms with Gasteiger partial charge in [0.15, 0.2) is 0 Å². The third kappa shape index (κ3) is 4.09. The number of thiazole rings is 1. The minimum Gasteiger partial charge on any atom is -0.356 e. The van der Waals surface area contributed by atoms with Crippen molar-refractivity contribution in [3.8, 4) is 0 Å². The SMILES string of the molecule is CCNC(=O)CC1CCCCN1Cc1nc2cc(C)ccc2s1. The van der Waals surface area contributed by atoms with Gasteiger partial charge >= 0.3 is 0 Å². The average Bonchev–Trinajstić information content (AvgIpc) is 2.91. The van der Waals surface area contributed by atoms with E-state index >= 15 is 0 Å². The fourth-order valence-corrected chi connectivity index (χ4v) is 4.28. The molecule has 1 atom stereocenters. The summed E-state index contributed by atoms with van der Waals surface area (Å²) in [5.74, 6) is 0.171. The highest BCUT2D eigenvalue weighted by atomic mass is 32.1. The van der Waals surface area contributed by atoms with Crippen LogP contribution in [-0.4, -0.2) is 34.9 Å². The summed E-state index contributed by atoms with van der Waals surface area (Å²) in [4.78, 5) is 19.2. The Bertz CT molecular complexity index is 682. The zero-order chi connectivity index (χ0) is 16.2. The van der Waals surface area contributed by atoms with Crippen molar-refractivity contribution < 1.29 is 4.79 Å². The van der Waals surface area contributed by atoms with Crippen LogP contribution in [0.4, 0.5) is 0 Å². The van der Waals surface area contributed by atoms with Gasteiger partial charge in [-0.15, -0.1) is 11.3 Å². The molecule has 0 aliphatic carbocycles. The Morgan fingerprint density at radius 2 is 2.30 bits per heavy atom. The van der Waals surface area contributed by atoms with Crippen molar-refractivity contribution in [3.05, 3.63) is 28.8 Å². The van der Waals surface area contributed by atoms with E-state index in [0.29, 0.717) is 19.0 Å². The molecule has 1 saturated heterocycles. The quantitative estimate of drug-likeness (QED) is 0.912. The number of fused-ring (bicyclic) bond motifs is 1. The zero-order valence-electron chi connectivity index (χ0n) is 14.0. The summed E-state index contributed by atoms with van der Waals surface area (Å²) < 4.78 is 1.25. The molecule has 1 aromatic carbocycles. The highest BCUT2D eigenvalue weighted by Crippen LogP contribution is 2.27. The number of piperidine rings is 1. The van der Waals surface area contributed by atoms with E-state index in [0.717, 1.165) is 30.0 Å². The Morgan fingerprint density at radius 1 is 1.43 bits per heavy atom. The molecule has 3 rings (SSSR count). The first-order chi connectivity index (χ1) is 11.2. The van der Waals surface area contributed by atoms with Crippen molar-refractivity contribution in [1.29, 1.82) is 0 Å². The lowest BCUT2D eigenvalue weighted by Crippen LogP contribution is -2.42. The summed E-state index contributed by atoms with van der Waals surface area (Å²) >= 11 is 1.78. The Hall–Kier alpha value is -1.46. The first kappa shape index (κ1) is 16.4. The number of aryl methyl sites for hydroxylation is 1. The Labute approximate surface area is 141 Å². The predicted octanol–water partition coefficient (Wildman–Crippen LogP) is 3.49. The largest absolute Gasteiger partial charge is 0.356 e. The number of nitrogens with zero attached hydrogens (tertiary/aromatic N) is 2. The van der Waals surface area contributed by atoms with Gasteiger partial charge in [-0.2, -0.15) is 0 Å². The average molecular weight is 331 g/mol. The summed E-state index contributed by atoms with van der Waals surface area (Å²) in [6, 6.07) is 6.80. The number of carbonyl (C=O) groups excluding carboxylic acids is 1. The molecule has 5 heteroatoms. The van der Waals surface area contributed by atoms with Crippen molar-refractivity contribution in [3.63, 3.8) is 0 Å². The van der Waals surface area contributed by atoms with Crippen LogP contribution in [0.25, 0.3) is 10.2 Å². The number of hydrogen-bond acceptors (Lipinski definition) is 4. The van der Waals surface area contributed by atoms with Crippen LogP contribution in [0.5, 0.6) is 0 Å². The van der Waals surface area contributed by atoms with Crippen LogP contribution in [0, 0.1) is 6.92 Å². The Morgan fingerprint density at radius 3 is 3.13 bits per heavy atom. The van der Waals surface area contributed by atoms with E-state index in [9.17, 15) is 4.79 Å². The molecule has 2 heterocycles. The molecule has 0 saturated carbocycles. The molecule has 0 radical (unpaired) electrons. The van der Waals surface area contributed by atoms with Gasteiger partial charge in [-0.1, -0.05) is 12.5 Å². The van der Waals surface area contributed by atoms with Crippen LogP contribution in [0.3, 0.4) is 0 Å². The van der Waals surface area contributed by atoms with E-state index < -0.39 is 0 Å². The van der Waals surface area contributed by atoms with Gasteiger partial charge in [-0.05, 0) is 50.9 Å². The van der Waals surface area contributed by atoms with Crippen molar-refractivity contribution in [2.75, 3.05) is 13.1 Å². The van der Waals surface area contributed by atoms with Crippen LogP contribution in [0.1, 0.15) is 43.2 Å². The van der Waals surface area contributed by atoms with Gasteiger partial charge in [0.05, 0.1) is 16.8 Å². The lowest BCUT2D eigenvalue weighted by molar-refractivity contribution is -0.122. The van der Waals surface area contributed by atoms with E-state index in [1.54, 1.807) is 11.3 Å². The van der Waals surface area contributed by atoms with Gasteiger partial charge in [0.1, 0.15) is 5.01 Å². The number of nitrogens with one attached hydrogen (secondary N) is 1. The Kier molecular flexibility index (Phi) is 5.28. The number of hydrogen-bond donors (Lipinski definition) is 1. The lowest BCUT2D eigenvalue weighted by atomic mass is 9.99. The van der Waals surface area contributed by atoms with Crippen molar-refractivity contribution in [1.82, 2.24) is 15.2 Å². The topological polar surface area (TPSA) is 45.2 Å². The number of rotatable bonds is 5. The van der Waals surface area contributed by atoms with Crippen molar-refractivity contribution >= 4 is 27.5 Å². The fourth-order valence-electron chi connectivity index (χ4n) is 3.31. The molecule has 1 amide bonds. The monoisotopic (exact) mass is 331 g/mol. The summed E-state index contributed by atoms with van der Waals surface area (Å²) in [7, 11) is 0. The second kappa shape index (κ2) is 7.41. The normalized spacial score (nSPS) is 19.1. The van der Waals surface area contributed by atoms with Gasteiger partial charge in [-0.3, -0.25) is 9.69 Å². The zero-order valence-corrected chi connectivity index (χ0v) is 14.8. The summed E-state index contributed by atoms with van der Waals surface area (Å²) in [6.07, 6.45) is 4.16. The van der Waals surface area contributed by atoms with E-state index in [2.05, 4.69) is 35.3 Å². The smallest absolute Gasteiger partial charge is 0.221 e. The van der Waals surface area contributed by atoms with E-state index in [4.69, 9.17) is 4.98 Å². The van der Waals surface area contributed by atoms with Gasteiger partial charge in [-0.25, -0.2) is 4.98 Å². The molecule has 1 aromatic heterocycles. The number of likely N-dealkylation sites (tertiary alicyclic amines) is 1. The number of carbonyl (C=O) groups is 1. The molecule has 0 spiro atoms. The van der Waals surface area contributed by atoms with E-state index in [-0.39, 0.29) is 5.91 Å².